The number of anilines is 1. The Balaban J connectivity index is 1.86. The van der Waals surface area contributed by atoms with E-state index in [1.165, 1.54) is 31.0 Å². The SMILES string of the molecule is CCCCCCCCOc1nc(N2CCS(=O)(=O)CC2)cc2c(Cl)nn(C)c(=O)c12. The van der Waals surface area contributed by atoms with Crippen LogP contribution < -0.4 is 15.2 Å². The van der Waals surface area contributed by atoms with Gasteiger partial charge in [-0.2, -0.15) is 10.1 Å². The van der Waals surface area contributed by atoms with Crippen molar-refractivity contribution >= 4 is 38.0 Å². The molecule has 1 aliphatic rings. The smallest absolute Gasteiger partial charge is 0.279 e. The Hall–Kier alpha value is -1.87. The molecule has 3 heterocycles. The van der Waals surface area contributed by atoms with E-state index >= 15 is 0 Å². The summed E-state index contributed by atoms with van der Waals surface area (Å²) in [6.07, 6.45) is 6.75. The number of ether oxygens (including phenoxy) is 1. The Labute approximate surface area is 182 Å². The molecule has 0 radical (unpaired) electrons. The summed E-state index contributed by atoms with van der Waals surface area (Å²) in [7, 11) is -1.48. The van der Waals surface area contributed by atoms with Gasteiger partial charge in [-0.1, -0.05) is 50.6 Å². The summed E-state index contributed by atoms with van der Waals surface area (Å²) in [5.41, 5.74) is -0.326. The predicted molar refractivity (Wildman–Crippen MR) is 120 cm³/mol. The molecule has 30 heavy (non-hydrogen) atoms. The first-order valence-electron chi connectivity index (χ1n) is 10.5. The molecule has 1 aliphatic heterocycles. The molecule has 10 heteroatoms. The summed E-state index contributed by atoms with van der Waals surface area (Å²) in [5, 5.41) is 5.02. The Kier molecular flexibility index (Phi) is 7.57. The highest BCUT2D eigenvalue weighted by atomic mass is 35.5. The first-order chi connectivity index (χ1) is 14.3. The second-order valence-corrected chi connectivity index (χ2v) is 10.3. The molecule has 0 aliphatic carbocycles. The van der Waals surface area contributed by atoms with Crippen molar-refractivity contribution in [1.82, 2.24) is 14.8 Å². The fourth-order valence-corrected chi connectivity index (χ4v) is 4.99. The fourth-order valence-electron chi connectivity index (χ4n) is 3.53. The van der Waals surface area contributed by atoms with E-state index in [1.807, 2.05) is 4.90 Å². The fraction of sp³-hybridized carbons (Fsp3) is 0.650. The van der Waals surface area contributed by atoms with Gasteiger partial charge in [-0.15, -0.1) is 0 Å². The van der Waals surface area contributed by atoms with Crippen LogP contribution in [0.25, 0.3) is 10.8 Å². The van der Waals surface area contributed by atoms with E-state index in [1.54, 1.807) is 6.07 Å². The number of aryl methyl sites for hydroxylation is 1. The molecule has 0 N–H and O–H groups in total. The molecule has 8 nitrogen and oxygen atoms in total. The molecule has 0 aromatic carbocycles. The van der Waals surface area contributed by atoms with Gasteiger partial charge in [-0.05, 0) is 12.5 Å². The lowest BCUT2D eigenvalue weighted by Gasteiger charge is -2.28. The van der Waals surface area contributed by atoms with Crippen molar-refractivity contribution in [3.63, 3.8) is 0 Å². The molecule has 0 saturated carbocycles. The Morgan fingerprint density at radius 2 is 1.80 bits per heavy atom. The van der Waals surface area contributed by atoms with Gasteiger partial charge in [-0.3, -0.25) is 4.79 Å². The molecule has 0 spiro atoms. The predicted octanol–water partition coefficient (Wildman–Crippen LogP) is 2.96. The lowest BCUT2D eigenvalue weighted by atomic mass is 10.1. The summed E-state index contributed by atoms with van der Waals surface area (Å²) in [5.74, 6) is 0.925. The topological polar surface area (TPSA) is 94.4 Å². The first kappa shape index (κ1) is 22.8. The summed E-state index contributed by atoms with van der Waals surface area (Å²) >= 11 is 6.33. The maximum atomic E-state index is 12.7. The minimum atomic E-state index is -3.02. The third-order valence-electron chi connectivity index (χ3n) is 5.35. The zero-order chi connectivity index (χ0) is 21.7. The van der Waals surface area contributed by atoms with Gasteiger partial charge in [0.25, 0.3) is 5.56 Å². The van der Waals surface area contributed by atoms with Gasteiger partial charge in [0.1, 0.15) is 11.2 Å². The molecule has 166 valence electrons. The number of hydrogen-bond donors (Lipinski definition) is 0. The van der Waals surface area contributed by atoms with Gasteiger partial charge < -0.3 is 9.64 Å². The van der Waals surface area contributed by atoms with Gasteiger partial charge >= 0.3 is 0 Å². The summed E-state index contributed by atoms with van der Waals surface area (Å²) in [6.45, 7) is 3.32. The highest BCUT2D eigenvalue weighted by Gasteiger charge is 2.25. The number of halogens is 1. The van der Waals surface area contributed by atoms with Gasteiger partial charge in [0.05, 0.1) is 18.1 Å². The highest BCUT2D eigenvalue weighted by molar-refractivity contribution is 7.91. The summed E-state index contributed by atoms with van der Waals surface area (Å²) in [6, 6.07) is 1.70. The summed E-state index contributed by atoms with van der Waals surface area (Å²) in [4.78, 5) is 19.2. The maximum absolute atomic E-state index is 12.7. The van der Waals surface area contributed by atoms with Crippen molar-refractivity contribution in [3.05, 3.63) is 21.6 Å². The van der Waals surface area contributed by atoms with Crippen LogP contribution >= 0.6 is 11.6 Å². The van der Waals surface area contributed by atoms with Crippen molar-refractivity contribution < 1.29 is 13.2 Å². The second kappa shape index (κ2) is 9.96. The van der Waals surface area contributed by atoms with Crippen LogP contribution in [0.15, 0.2) is 10.9 Å². The van der Waals surface area contributed by atoms with E-state index < -0.39 is 9.84 Å². The number of unbranched alkanes of at least 4 members (excludes halogenated alkanes) is 5. The van der Waals surface area contributed by atoms with E-state index in [2.05, 4.69) is 17.0 Å². The van der Waals surface area contributed by atoms with E-state index in [0.29, 0.717) is 36.3 Å². The molecule has 0 bridgehead atoms. The molecule has 2 aromatic rings. The van der Waals surface area contributed by atoms with Gasteiger partial charge in [0.2, 0.25) is 5.88 Å². The van der Waals surface area contributed by atoms with Crippen LogP contribution in [-0.2, 0) is 16.9 Å². The molecular formula is C20H29ClN4O4S. The number of fused-ring (bicyclic) bond motifs is 1. The van der Waals surface area contributed by atoms with Crippen molar-refractivity contribution in [1.29, 1.82) is 0 Å². The normalized spacial score (nSPS) is 16.2. The van der Waals surface area contributed by atoms with Crippen LogP contribution in [0.2, 0.25) is 5.15 Å². The number of sulfone groups is 1. The van der Waals surface area contributed by atoms with Gasteiger partial charge in [-0.25, -0.2) is 13.1 Å². The van der Waals surface area contributed by atoms with Crippen LogP contribution in [0, 0.1) is 0 Å². The van der Waals surface area contributed by atoms with Crippen molar-refractivity contribution in [2.75, 3.05) is 36.1 Å². The van der Waals surface area contributed by atoms with Crippen molar-refractivity contribution in [2.45, 2.75) is 45.4 Å². The number of pyridine rings is 1. The standard InChI is InChI=1S/C20H29ClN4O4S/c1-3-4-5-6-7-8-11-29-19-17-15(18(21)23-24(2)20(17)26)14-16(22-19)25-9-12-30(27,28)13-10-25/h14H,3-13H2,1-2H3. The minimum absolute atomic E-state index is 0.0726. The van der Waals surface area contributed by atoms with Crippen LogP contribution in [0.5, 0.6) is 5.88 Å². The van der Waals surface area contributed by atoms with Gasteiger partial charge in [0, 0.05) is 25.5 Å². The number of hydrogen-bond acceptors (Lipinski definition) is 7. The minimum Gasteiger partial charge on any atom is -0.477 e. The molecule has 2 aromatic heterocycles. The first-order valence-corrected chi connectivity index (χ1v) is 12.7. The van der Waals surface area contributed by atoms with Crippen LogP contribution in [0.4, 0.5) is 5.82 Å². The molecule has 1 fully saturated rings. The molecule has 3 rings (SSSR count). The average molecular weight is 457 g/mol. The molecule has 0 amide bonds. The van der Waals surface area contributed by atoms with Crippen LogP contribution in [0.1, 0.15) is 45.4 Å². The molecule has 0 unspecified atom stereocenters. The Morgan fingerprint density at radius 3 is 2.50 bits per heavy atom. The zero-order valence-electron chi connectivity index (χ0n) is 17.6. The second-order valence-electron chi connectivity index (χ2n) is 7.68. The van der Waals surface area contributed by atoms with E-state index in [0.717, 1.165) is 19.3 Å². The number of aromatic nitrogens is 3. The number of rotatable bonds is 9. The third-order valence-corrected chi connectivity index (χ3v) is 7.23. The summed E-state index contributed by atoms with van der Waals surface area (Å²) < 4.78 is 30.6. The number of nitrogens with zero attached hydrogens (tertiary/aromatic N) is 4. The zero-order valence-corrected chi connectivity index (χ0v) is 19.1. The van der Waals surface area contributed by atoms with E-state index in [4.69, 9.17) is 16.3 Å². The highest BCUT2D eigenvalue weighted by Crippen LogP contribution is 2.30. The lowest BCUT2D eigenvalue weighted by Crippen LogP contribution is -2.40. The monoisotopic (exact) mass is 456 g/mol. The Morgan fingerprint density at radius 1 is 1.13 bits per heavy atom. The van der Waals surface area contributed by atoms with Crippen molar-refractivity contribution in [2.24, 2.45) is 7.05 Å². The maximum Gasteiger partial charge on any atom is 0.279 e. The lowest BCUT2D eigenvalue weighted by molar-refractivity contribution is 0.297. The molecule has 0 atom stereocenters. The molecule has 1 saturated heterocycles. The van der Waals surface area contributed by atoms with Crippen LogP contribution in [0.3, 0.4) is 0 Å². The quantitative estimate of drug-likeness (QED) is 0.535. The van der Waals surface area contributed by atoms with Gasteiger partial charge in [0.15, 0.2) is 15.0 Å². The third kappa shape index (κ3) is 5.43. The molecular weight excluding hydrogens is 428 g/mol. The van der Waals surface area contributed by atoms with E-state index in [-0.39, 0.29) is 28.1 Å². The Bertz CT molecular complexity index is 1040. The van der Waals surface area contributed by atoms with E-state index in [9.17, 15) is 13.2 Å². The van der Waals surface area contributed by atoms with Crippen molar-refractivity contribution in [3.8, 4) is 5.88 Å². The largest absolute Gasteiger partial charge is 0.477 e. The average Bonchev–Trinajstić information content (AvgIpc) is 2.71. The van der Waals surface area contributed by atoms with Crippen LogP contribution in [-0.4, -0.2) is 54.4 Å².